The number of hydrogen-bond donors (Lipinski definition) is 0. The summed E-state index contributed by atoms with van der Waals surface area (Å²) in [7, 11) is 0. The van der Waals surface area contributed by atoms with E-state index in [-0.39, 0.29) is 5.91 Å². The summed E-state index contributed by atoms with van der Waals surface area (Å²) in [6.45, 7) is 9.00. The molecule has 0 spiro atoms. The van der Waals surface area contributed by atoms with Gasteiger partial charge < -0.3 is 14.7 Å². The summed E-state index contributed by atoms with van der Waals surface area (Å²) in [6.07, 6.45) is 3.77. The monoisotopic (exact) mass is 386 g/mol. The molecule has 2 aromatic heterocycles. The number of piperazine rings is 1. The molecule has 0 bridgehead atoms. The topological polar surface area (TPSA) is 65.5 Å². The molecule has 0 aromatic carbocycles. The number of amides is 1. The highest BCUT2D eigenvalue weighted by molar-refractivity contribution is 7.11. The van der Waals surface area contributed by atoms with Crippen molar-refractivity contribution in [2.75, 3.05) is 49.1 Å². The third-order valence-electron chi connectivity index (χ3n) is 5.32. The zero-order chi connectivity index (χ0) is 18.8. The van der Waals surface area contributed by atoms with E-state index >= 15 is 0 Å². The fourth-order valence-corrected chi connectivity index (χ4v) is 4.54. The van der Waals surface area contributed by atoms with Gasteiger partial charge in [0.25, 0.3) is 5.91 Å². The van der Waals surface area contributed by atoms with Gasteiger partial charge in [-0.15, -0.1) is 11.3 Å². The predicted octanol–water partition coefficient (Wildman–Crippen LogP) is 2.50. The number of anilines is 2. The van der Waals surface area contributed by atoms with Gasteiger partial charge in [0.2, 0.25) is 0 Å². The van der Waals surface area contributed by atoms with Crippen molar-refractivity contribution in [1.82, 2.24) is 19.9 Å². The summed E-state index contributed by atoms with van der Waals surface area (Å²) in [5, 5.41) is 0. The van der Waals surface area contributed by atoms with E-state index in [1.807, 2.05) is 18.7 Å². The number of rotatable bonds is 3. The van der Waals surface area contributed by atoms with Gasteiger partial charge in [-0.3, -0.25) is 4.79 Å². The van der Waals surface area contributed by atoms with Crippen LogP contribution in [0.4, 0.5) is 11.6 Å². The summed E-state index contributed by atoms with van der Waals surface area (Å²) in [5.41, 5.74) is 2.56. The van der Waals surface area contributed by atoms with Gasteiger partial charge in [-0.2, -0.15) is 0 Å². The molecule has 0 radical (unpaired) electrons. The maximum absolute atomic E-state index is 12.7. The molecule has 0 N–H and O–H groups in total. The van der Waals surface area contributed by atoms with Crippen LogP contribution in [0.15, 0.2) is 11.6 Å². The van der Waals surface area contributed by atoms with Crippen molar-refractivity contribution in [1.29, 1.82) is 0 Å². The van der Waals surface area contributed by atoms with Crippen molar-refractivity contribution in [3.8, 4) is 0 Å². The van der Waals surface area contributed by atoms with Crippen LogP contribution >= 0.6 is 11.3 Å². The molecular weight excluding hydrogens is 360 g/mol. The van der Waals surface area contributed by atoms with Crippen molar-refractivity contribution in [2.24, 2.45) is 0 Å². The number of carbonyl (C=O) groups is 1. The van der Waals surface area contributed by atoms with Crippen LogP contribution in [-0.2, 0) is 0 Å². The number of aromatic nitrogens is 3. The third-order valence-corrected chi connectivity index (χ3v) is 6.24. The van der Waals surface area contributed by atoms with E-state index in [4.69, 9.17) is 0 Å². The van der Waals surface area contributed by atoms with Crippen molar-refractivity contribution < 1.29 is 4.79 Å². The maximum atomic E-state index is 12.7. The molecule has 7 nitrogen and oxygen atoms in total. The zero-order valence-corrected chi connectivity index (χ0v) is 16.8. The lowest BCUT2D eigenvalue weighted by molar-refractivity contribution is 0.0750. The summed E-state index contributed by atoms with van der Waals surface area (Å²) in [5.74, 6) is 2.93. The molecule has 0 unspecified atom stereocenters. The van der Waals surface area contributed by atoms with E-state index in [2.05, 4.69) is 30.8 Å². The zero-order valence-electron chi connectivity index (χ0n) is 16.0. The van der Waals surface area contributed by atoms with Crippen LogP contribution < -0.4 is 9.80 Å². The van der Waals surface area contributed by atoms with Gasteiger partial charge in [-0.1, -0.05) is 0 Å². The first-order valence-corrected chi connectivity index (χ1v) is 10.5. The lowest BCUT2D eigenvalue weighted by Crippen LogP contribution is -2.49. The predicted molar refractivity (Wildman–Crippen MR) is 108 cm³/mol. The summed E-state index contributed by atoms with van der Waals surface area (Å²) >= 11 is 1.43. The Morgan fingerprint density at radius 2 is 1.56 bits per heavy atom. The van der Waals surface area contributed by atoms with Crippen LogP contribution in [0.25, 0.3) is 0 Å². The van der Waals surface area contributed by atoms with E-state index in [0.29, 0.717) is 13.1 Å². The minimum Gasteiger partial charge on any atom is -0.356 e. The second-order valence-electron chi connectivity index (χ2n) is 7.23. The average Bonchev–Trinajstić information content (AvgIpc) is 3.13. The van der Waals surface area contributed by atoms with Crippen LogP contribution in [-0.4, -0.2) is 65.0 Å². The number of piperidine rings is 1. The van der Waals surface area contributed by atoms with Crippen LogP contribution in [0.5, 0.6) is 0 Å². The average molecular weight is 387 g/mol. The minimum atomic E-state index is 0.0996. The number of hydrogen-bond acceptors (Lipinski definition) is 7. The fraction of sp³-hybridized carbons (Fsp3) is 0.579. The first-order valence-electron chi connectivity index (χ1n) is 9.67. The molecule has 8 heteroatoms. The van der Waals surface area contributed by atoms with E-state index < -0.39 is 0 Å². The molecule has 27 heavy (non-hydrogen) atoms. The number of aryl methyl sites for hydroxylation is 2. The molecule has 2 aromatic rings. The standard InChI is InChI=1S/C19H26N6OS/c1-14-18(27-13-20-14)19(26)25-10-8-24(9-11-25)17-12-16(21-15(2)22-17)23-6-4-3-5-7-23/h12-13H,3-11H2,1-2H3. The van der Waals surface area contributed by atoms with Crippen molar-refractivity contribution in [2.45, 2.75) is 33.1 Å². The Morgan fingerprint density at radius 1 is 0.926 bits per heavy atom. The Hall–Kier alpha value is -2.22. The van der Waals surface area contributed by atoms with Gasteiger partial charge in [-0.05, 0) is 33.1 Å². The molecule has 2 fully saturated rings. The van der Waals surface area contributed by atoms with Crippen LogP contribution in [0.1, 0.15) is 40.5 Å². The van der Waals surface area contributed by atoms with Gasteiger partial charge in [0, 0.05) is 45.3 Å². The highest BCUT2D eigenvalue weighted by Gasteiger charge is 2.25. The van der Waals surface area contributed by atoms with Crippen LogP contribution in [0.2, 0.25) is 0 Å². The van der Waals surface area contributed by atoms with Crippen molar-refractivity contribution in [3.05, 3.63) is 28.0 Å². The Kier molecular flexibility index (Phi) is 5.24. The van der Waals surface area contributed by atoms with Gasteiger partial charge in [-0.25, -0.2) is 15.0 Å². The Bertz CT molecular complexity index is 808. The van der Waals surface area contributed by atoms with Crippen LogP contribution in [0, 0.1) is 13.8 Å². The number of thiazole rings is 1. The summed E-state index contributed by atoms with van der Waals surface area (Å²) in [4.78, 5) is 33.5. The number of carbonyl (C=O) groups excluding carboxylic acids is 1. The highest BCUT2D eigenvalue weighted by atomic mass is 32.1. The third kappa shape index (κ3) is 3.90. The van der Waals surface area contributed by atoms with Crippen LogP contribution in [0.3, 0.4) is 0 Å². The normalized spacial score (nSPS) is 18.1. The molecule has 0 atom stereocenters. The van der Waals surface area contributed by atoms with E-state index in [9.17, 15) is 4.79 Å². The summed E-state index contributed by atoms with van der Waals surface area (Å²) in [6, 6.07) is 2.11. The molecule has 144 valence electrons. The van der Waals surface area contributed by atoms with Gasteiger partial charge >= 0.3 is 0 Å². The minimum absolute atomic E-state index is 0.0996. The molecule has 2 aliphatic rings. The number of nitrogens with zero attached hydrogens (tertiary/aromatic N) is 6. The maximum Gasteiger partial charge on any atom is 0.265 e. The first-order chi connectivity index (χ1) is 13.1. The molecule has 2 saturated heterocycles. The van der Waals surface area contributed by atoms with E-state index in [0.717, 1.165) is 54.2 Å². The Balaban J connectivity index is 1.44. The quantitative estimate of drug-likeness (QED) is 0.808. The smallest absolute Gasteiger partial charge is 0.265 e. The van der Waals surface area contributed by atoms with E-state index in [1.165, 1.54) is 30.6 Å². The Labute approximate surface area is 164 Å². The second-order valence-corrected chi connectivity index (χ2v) is 8.08. The molecule has 4 rings (SSSR count). The molecule has 0 aliphatic carbocycles. The Morgan fingerprint density at radius 3 is 2.15 bits per heavy atom. The van der Waals surface area contributed by atoms with Crippen molar-refractivity contribution in [3.63, 3.8) is 0 Å². The highest BCUT2D eigenvalue weighted by Crippen LogP contribution is 2.24. The SMILES string of the molecule is Cc1nc(N2CCCCC2)cc(N2CCN(C(=O)c3scnc3C)CC2)n1. The molecular formula is C19H26N6OS. The van der Waals surface area contributed by atoms with E-state index in [1.54, 1.807) is 5.51 Å². The largest absolute Gasteiger partial charge is 0.356 e. The lowest BCUT2D eigenvalue weighted by Gasteiger charge is -2.36. The fourth-order valence-electron chi connectivity index (χ4n) is 3.77. The summed E-state index contributed by atoms with van der Waals surface area (Å²) < 4.78 is 0. The molecule has 2 aliphatic heterocycles. The molecule has 0 saturated carbocycles. The van der Waals surface area contributed by atoms with Crippen molar-refractivity contribution >= 4 is 28.9 Å². The lowest BCUT2D eigenvalue weighted by atomic mass is 10.1. The van der Waals surface area contributed by atoms with Gasteiger partial charge in [0.15, 0.2) is 0 Å². The molecule has 1 amide bonds. The van der Waals surface area contributed by atoms with Gasteiger partial charge in [0.05, 0.1) is 11.2 Å². The first kappa shape index (κ1) is 18.2. The molecule has 4 heterocycles. The second kappa shape index (κ2) is 7.80. The van der Waals surface area contributed by atoms with Gasteiger partial charge in [0.1, 0.15) is 22.3 Å².